The van der Waals surface area contributed by atoms with Crippen LogP contribution in [0.5, 0.6) is 0 Å². The first kappa shape index (κ1) is 28.1. The van der Waals surface area contributed by atoms with Gasteiger partial charge in [-0.25, -0.2) is 0 Å². The molecular formula is C45H45N. The Morgan fingerprint density at radius 1 is 0.652 bits per heavy atom. The molecule has 5 aliphatic carbocycles. The molecule has 46 heavy (non-hydrogen) atoms. The van der Waals surface area contributed by atoms with Crippen LogP contribution in [0.2, 0.25) is 0 Å². The molecule has 0 bridgehead atoms. The lowest BCUT2D eigenvalue weighted by Gasteiger charge is -2.40. The summed E-state index contributed by atoms with van der Waals surface area (Å²) in [5.41, 5.74) is 13.5. The van der Waals surface area contributed by atoms with Gasteiger partial charge in [0.05, 0.1) is 6.04 Å². The van der Waals surface area contributed by atoms with Crippen molar-refractivity contribution < 1.29 is 0 Å². The normalized spacial score (nSPS) is 29.5. The molecule has 1 heterocycles. The zero-order valence-corrected chi connectivity index (χ0v) is 26.9. The Morgan fingerprint density at radius 2 is 1.54 bits per heavy atom. The van der Waals surface area contributed by atoms with E-state index in [0.29, 0.717) is 35.6 Å². The number of fused-ring (bicyclic) bond motifs is 7. The van der Waals surface area contributed by atoms with Gasteiger partial charge in [0.15, 0.2) is 0 Å². The van der Waals surface area contributed by atoms with E-state index in [1.54, 1.807) is 16.7 Å². The van der Waals surface area contributed by atoms with Gasteiger partial charge in [0, 0.05) is 29.1 Å². The summed E-state index contributed by atoms with van der Waals surface area (Å²) in [6, 6.07) is 28.7. The molecule has 1 heteroatoms. The Labute approximate surface area is 275 Å². The van der Waals surface area contributed by atoms with E-state index in [0.717, 1.165) is 25.7 Å². The summed E-state index contributed by atoms with van der Waals surface area (Å²) in [6.45, 7) is 0. The number of para-hydroxylation sites is 1. The van der Waals surface area contributed by atoms with Crippen LogP contribution in [-0.4, -0.2) is 6.04 Å². The second kappa shape index (κ2) is 11.9. The minimum Gasteiger partial charge on any atom is -0.334 e. The van der Waals surface area contributed by atoms with E-state index >= 15 is 0 Å². The maximum atomic E-state index is 2.66. The van der Waals surface area contributed by atoms with Crippen molar-refractivity contribution in [2.24, 2.45) is 5.92 Å². The van der Waals surface area contributed by atoms with E-state index in [4.69, 9.17) is 0 Å². The summed E-state index contributed by atoms with van der Waals surface area (Å²) >= 11 is 0. The van der Waals surface area contributed by atoms with Gasteiger partial charge in [-0.05, 0) is 121 Å². The quantitative estimate of drug-likeness (QED) is 0.270. The average Bonchev–Trinajstić information content (AvgIpc) is 3.37. The summed E-state index contributed by atoms with van der Waals surface area (Å²) < 4.78 is 0. The van der Waals surface area contributed by atoms with Gasteiger partial charge in [0.1, 0.15) is 0 Å². The van der Waals surface area contributed by atoms with Gasteiger partial charge >= 0.3 is 0 Å². The van der Waals surface area contributed by atoms with E-state index < -0.39 is 0 Å². The van der Waals surface area contributed by atoms with E-state index in [9.17, 15) is 0 Å². The van der Waals surface area contributed by atoms with Gasteiger partial charge in [-0.1, -0.05) is 115 Å². The van der Waals surface area contributed by atoms with Crippen molar-refractivity contribution >= 4 is 11.3 Å². The predicted molar refractivity (Wildman–Crippen MR) is 193 cm³/mol. The third-order valence-corrected chi connectivity index (χ3v) is 11.9. The summed E-state index contributed by atoms with van der Waals surface area (Å²) in [4.78, 5) is 2.66. The van der Waals surface area contributed by atoms with Crippen molar-refractivity contribution in [3.8, 4) is 0 Å². The molecule has 0 fully saturated rings. The minimum atomic E-state index is 0.365. The highest BCUT2D eigenvalue weighted by Crippen LogP contribution is 2.58. The summed E-state index contributed by atoms with van der Waals surface area (Å²) in [7, 11) is 0. The van der Waals surface area contributed by atoms with Crippen molar-refractivity contribution in [2.75, 3.05) is 4.90 Å². The molecule has 1 aliphatic heterocycles. The van der Waals surface area contributed by atoms with Gasteiger partial charge in [-0.3, -0.25) is 0 Å². The molecule has 1 nitrogen and oxygen atoms in total. The number of nitrogens with zero attached hydrogens (tertiary/aromatic N) is 1. The molecular weight excluding hydrogens is 555 g/mol. The molecule has 0 aromatic heterocycles. The number of hydrogen-bond acceptors (Lipinski definition) is 1. The van der Waals surface area contributed by atoms with Gasteiger partial charge in [0.25, 0.3) is 0 Å². The number of rotatable bonds is 4. The van der Waals surface area contributed by atoms with Crippen LogP contribution < -0.4 is 4.90 Å². The third kappa shape index (κ3) is 4.82. The first-order chi connectivity index (χ1) is 22.8. The van der Waals surface area contributed by atoms with Crippen molar-refractivity contribution in [3.63, 3.8) is 0 Å². The third-order valence-electron chi connectivity index (χ3n) is 11.9. The smallest absolute Gasteiger partial charge is 0.0597 e. The molecule has 0 radical (unpaired) electrons. The molecule has 3 aromatic carbocycles. The SMILES string of the molecule is C1=CC(N2c3ccccc3C3C4c5ccccc5C(C5=CCCC(c6cccc(C7C=CCCC7)c6)=C5)CCC4C=CC32)=CCC1. The zero-order valence-electron chi connectivity index (χ0n) is 26.9. The number of benzene rings is 3. The highest BCUT2D eigenvalue weighted by atomic mass is 15.2. The van der Waals surface area contributed by atoms with Crippen LogP contribution in [0.15, 0.2) is 139 Å². The molecule has 9 rings (SSSR count). The van der Waals surface area contributed by atoms with Crippen LogP contribution in [-0.2, 0) is 0 Å². The molecule has 230 valence electrons. The van der Waals surface area contributed by atoms with Crippen LogP contribution in [0.1, 0.15) is 109 Å². The van der Waals surface area contributed by atoms with Crippen LogP contribution in [0, 0.1) is 5.92 Å². The van der Waals surface area contributed by atoms with E-state index in [2.05, 4.69) is 132 Å². The van der Waals surface area contributed by atoms with Gasteiger partial charge < -0.3 is 4.90 Å². The second-order valence-electron chi connectivity index (χ2n) is 14.4. The van der Waals surface area contributed by atoms with Crippen molar-refractivity contribution in [2.45, 2.75) is 87.5 Å². The molecule has 0 N–H and O–H groups in total. The van der Waals surface area contributed by atoms with E-state index in [-0.39, 0.29) is 0 Å². The molecule has 6 atom stereocenters. The first-order valence-electron chi connectivity index (χ1n) is 18.0. The van der Waals surface area contributed by atoms with Gasteiger partial charge in [-0.15, -0.1) is 0 Å². The Kier molecular flexibility index (Phi) is 7.30. The number of allylic oxidation sites excluding steroid dienone is 10. The molecule has 6 aliphatic rings. The molecule has 0 spiro atoms. The molecule has 0 saturated carbocycles. The molecule has 0 amide bonds. The maximum Gasteiger partial charge on any atom is 0.0597 e. The highest BCUT2D eigenvalue weighted by molar-refractivity contribution is 5.72. The monoisotopic (exact) mass is 599 g/mol. The Hall–Kier alpha value is -4.10. The Balaban J connectivity index is 1.08. The summed E-state index contributed by atoms with van der Waals surface area (Å²) in [6.07, 6.45) is 33.1. The zero-order chi connectivity index (χ0) is 30.5. The summed E-state index contributed by atoms with van der Waals surface area (Å²) in [5, 5.41) is 0. The van der Waals surface area contributed by atoms with Crippen molar-refractivity contribution in [3.05, 3.63) is 167 Å². The first-order valence-corrected chi connectivity index (χ1v) is 18.0. The summed E-state index contributed by atoms with van der Waals surface area (Å²) in [5.74, 6) is 2.53. The second-order valence-corrected chi connectivity index (χ2v) is 14.4. The lowest BCUT2D eigenvalue weighted by Crippen LogP contribution is -2.38. The van der Waals surface area contributed by atoms with E-state index in [1.807, 2.05) is 0 Å². The fraction of sp³-hybridized carbons (Fsp3) is 0.333. The van der Waals surface area contributed by atoms with E-state index in [1.165, 1.54) is 65.8 Å². The van der Waals surface area contributed by atoms with Crippen LogP contribution >= 0.6 is 0 Å². The van der Waals surface area contributed by atoms with Crippen LogP contribution in [0.25, 0.3) is 5.57 Å². The Bertz CT molecular complexity index is 1830. The predicted octanol–water partition coefficient (Wildman–Crippen LogP) is 11.7. The van der Waals surface area contributed by atoms with Gasteiger partial charge in [-0.2, -0.15) is 0 Å². The fourth-order valence-electron chi connectivity index (χ4n) is 9.79. The van der Waals surface area contributed by atoms with Crippen LogP contribution in [0.4, 0.5) is 5.69 Å². The van der Waals surface area contributed by atoms with Crippen LogP contribution in [0.3, 0.4) is 0 Å². The topological polar surface area (TPSA) is 3.24 Å². The largest absolute Gasteiger partial charge is 0.334 e. The van der Waals surface area contributed by atoms with Gasteiger partial charge in [0.2, 0.25) is 0 Å². The highest BCUT2D eigenvalue weighted by Gasteiger charge is 2.48. The molecule has 6 unspecified atom stereocenters. The fourth-order valence-corrected chi connectivity index (χ4v) is 9.79. The molecule has 0 saturated heterocycles. The minimum absolute atomic E-state index is 0.365. The standard InChI is InChI=1S/C45H45N/c1-3-13-31(14-4-1)33-15-11-16-34(29-33)35-17-12-18-36(30-35)38-27-25-32-26-28-43-45(44(32)40-22-8-7-21-39(38)40)41-23-9-10-24-42(41)46(43)37-19-5-2-6-20-37/h3,5,7-11,13,15-16,18-24,26,28-32,38,43-45H,1-2,4,6,12,14,17,25,27H2. The van der Waals surface area contributed by atoms with Crippen molar-refractivity contribution in [1.29, 1.82) is 0 Å². The average molecular weight is 600 g/mol. The number of anilines is 1. The Morgan fingerprint density at radius 3 is 2.41 bits per heavy atom. The lowest BCUT2D eigenvalue weighted by molar-refractivity contribution is 0.376. The molecule has 3 aromatic rings. The number of hydrogen-bond donors (Lipinski definition) is 0. The van der Waals surface area contributed by atoms with Crippen molar-refractivity contribution in [1.82, 2.24) is 0 Å². The maximum absolute atomic E-state index is 2.66. The lowest BCUT2D eigenvalue weighted by atomic mass is 9.67.